The Morgan fingerprint density at radius 2 is 1.42 bits per heavy atom. The van der Waals surface area contributed by atoms with E-state index in [1.807, 2.05) is 84.9 Å². The number of hydrogen-bond acceptors (Lipinski definition) is 10. The number of hydrogen-bond donors (Lipinski definition) is 6. The second-order valence-electron chi connectivity index (χ2n) is 9.45. The summed E-state index contributed by atoms with van der Waals surface area (Å²) < 4.78 is 10.5. The van der Waals surface area contributed by atoms with Crippen molar-refractivity contribution >= 4 is 14.5 Å². The molecule has 0 spiro atoms. The fourth-order valence-electron chi connectivity index (χ4n) is 4.20. The Hall–Kier alpha value is -2.96. The largest absolute Gasteiger partial charge is 0.497 e. The molecule has 6 N–H and O–H groups in total. The van der Waals surface area contributed by atoms with Crippen LogP contribution in [-0.2, 0) is 20.0 Å². The fourth-order valence-corrected chi connectivity index (χ4v) is 4.54. The summed E-state index contributed by atoms with van der Waals surface area (Å²) in [5, 5.41) is 12.3. The van der Waals surface area contributed by atoms with Crippen molar-refractivity contribution in [2.75, 3.05) is 40.5 Å². The van der Waals surface area contributed by atoms with Crippen LogP contribution in [-0.4, -0.2) is 66.5 Å². The van der Waals surface area contributed by atoms with Crippen LogP contribution in [0.15, 0.2) is 84.9 Å². The third-order valence-electron chi connectivity index (χ3n) is 6.28. The molecule has 0 heterocycles. The first-order chi connectivity index (χ1) is 20.9. The number of methoxy groups -OCH3 is 2. The molecule has 0 unspecified atom stereocenters. The van der Waals surface area contributed by atoms with Gasteiger partial charge < -0.3 is 24.4 Å². The van der Waals surface area contributed by atoms with Crippen LogP contribution in [0, 0.1) is 0 Å². The molecular formula is C31H45N4O7P. The predicted molar refractivity (Wildman–Crippen MR) is 168 cm³/mol. The first-order valence-corrected chi connectivity index (χ1v) is 15.4. The number of hydroxylamine groups is 1. The van der Waals surface area contributed by atoms with E-state index in [0.717, 1.165) is 54.7 Å². The zero-order valence-electron chi connectivity index (χ0n) is 25.1. The monoisotopic (exact) mass is 616 g/mol. The van der Waals surface area contributed by atoms with Crippen molar-refractivity contribution in [3.8, 4) is 5.75 Å². The van der Waals surface area contributed by atoms with Crippen LogP contribution in [0.4, 0.5) is 0 Å². The number of aliphatic carboxylic acids is 1. The number of carboxylic acids is 1. The molecule has 0 bridgehead atoms. The Morgan fingerprint density at radius 1 is 0.837 bits per heavy atom. The highest BCUT2D eigenvalue weighted by Gasteiger charge is 2.40. The summed E-state index contributed by atoms with van der Waals surface area (Å²) >= 11 is 0. The number of nitrogens with zero attached hydrogens (tertiary/aromatic N) is 1. The summed E-state index contributed by atoms with van der Waals surface area (Å²) in [5.74, 6) is -0.110. The molecule has 0 saturated carbocycles. The predicted octanol–water partition coefficient (Wildman–Crippen LogP) is 4.33. The van der Waals surface area contributed by atoms with Crippen LogP contribution in [0.25, 0.3) is 0 Å². The van der Waals surface area contributed by atoms with E-state index in [2.05, 4.69) is 23.0 Å². The summed E-state index contributed by atoms with van der Waals surface area (Å²) in [6.07, 6.45) is 3.71. The SMILES string of the molecule is CCCCNNCC(=O)O.COCCCCN(NP(O)O)OC(c1ccccc1)(c1ccccc1)c1ccc(OC)cc1. The van der Waals surface area contributed by atoms with E-state index in [1.54, 1.807) is 14.2 Å². The van der Waals surface area contributed by atoms with Crippen LogP contribution in [0.5, 0.6) is 5.75 Å². The lowest BCUT2D eigenvalue weighted by molar-refractivity contribution is -0.240. The van der Waals surface area contributed by atoms with Gasteiger partial charge in [0.2, 0.25) is 0 Å². The second-order valence-corrected chi connectivity index (χ2v) is 10.2. The second kappa shape index (κ2) is 20.9. The smallest absolute Gasteiger partial charge is 0.318 e. The molecule has 0 aliphatic carbocycles. The zero-order valence-corrected chi connectivity index (χ0v) is 26.0. The van der Waals surface area contributed by atoms with Gasteiger partial charge >= 0.3 is 5.97 Å². The number of unbranched alkanes of at least 4 members (excludes halogenated alkanes) is 2. The first-order valence-electron chi connectivity index (χ1n) is 14.2. The Balaban J connectivity index is 0.000000553. The lowest BCUT2D eigenvalue weighted by atomic mass is 9.80. The van der Waals surface area contributed by atoms with Crippen molar-refractivity contribution in [2.24, 2.45) is 0 Å². The lowest BCUT2D eigenvalue weighted by Gasteiger charge is -2.39. The topological polar surface area (TPSA) is 145 Å². The zero-order chi connectivity index (χ0) is 31.3. The van der Waals surface area contributed by atoms with E-state index in [9.17, 15) is 14.6 Å². The van der Waals surface area contributed by atoms with E-state index >= 15 is 0 Å². The van der Waals surface area contributed by atoms with Crippen molar-refractivity contribution in [3.05, 3.63) is 102 Å². The molecule has 3 aromatic carbocycles. The lowest BCUT2D eigenvalue weighted by Crippen LogP contribution is -2.45. The van der Waals surface area contributed by atoms with Gasteiger partial charge in [0.1, 0.15) is 12.3 Å². The van der Waals surface area contributed by atoms with Crippen LogP contribution in [0.1, 0.15) is 49.3 Å². The molecule has 0 saturated heterocycles. The minimum atomic E-state index is -2.43. The number of rotatable bonds is 19. The normalized spacial score (nSPS) is 11.3. The highest BCUT2D eigenvalue weighted by Crippen LogP contribution is 2.42. The maximum Gasteiger partial charge on any atom is 0.318 e. The van der Waals surface area contributed by atoms with Crippen molar-refractivity contribution in [1.82, 2.24) is 21.2 Å². The van der Waals surface area contributed by atoms with E-state index < -0.39 is 20.1 Å². The highest BCUT2D eigenvalue weighted by molar-refractivity contribution is 7.42. The van der Waals surface area contributed by atoms with Crippen LogP contribution in [0.2, 0.25) is 0 Å². The molecule has 0 aliphatic rings. The molecule has 236 valence electrons. The highest BCUT2D eigenvalue weighted by atomic mass is 31.2. The molecular weight excluding hydrogens is 571 g/mol. The van der Waals surface area contributed by atoms with Crippen molar-refractivity contribution in [2.45, 2.75) is 38.2 Å². The van der Waals surface area contributed by atoms with E-state index in [-0.39, 0.29) is 6.54 Å². The van der Waals surface area contributed by atoms with Gasteiger partial charge in [-0.1, -0.05) is 86.1 Å². The molecule has 0 aliphatic heterocycles. The summed E-state index contributed by atoms with van der Waals surface area (Å²) in [5.41, 5.74) is 6.95. The first kappa shape index (κ1) is 36.2. The van der Waals surface area contributed by atoms with E-state index in [1.165, 1.54) is 5.17 Å². The third kappa shape index (κ3) is 12.7. The Kier molecular flexibility index (Phi) is 17.6. The average Bonchev–Trinajstić information content (AvgIpc) is 3.02. The Bertz CT molecular complexity index is 1100. The molecule has 0 radical (unpaired) electrons. The molecule has 12 heteroatoms. The number of benzene rings is 3. The van der Waals surface area contributed by atoms with Crippen molar-refractivity contribution in [3.63, 3.8) is 0 Å². The van der Waals surface area contributed by atoms with Gasteiger partial charge in [0.05, 0.1) is 7.11 Å². The summed E-state index contributed by atoms with van der Waals surface area (Å²) in [7, 11) is 0.856. The quantitative estimate of drug-likeness (QED) is 0.0496. The molecule has 0 fully saturated rings. The van der Waals surface area contributed by atoms with Gasteiger partial charge in [-0.05, 0) is 48.1 Å². The maximum absolute atomic E-state index is 9.93. The molecule has 0 atom stereocenters. The molecule has 11 nitrogen and oxygen atoms in total. The molecule has 0 amide bonds. The number of nitrogens with one attached hydrogen (secondary N) is 3. The van der Waals surface area contributed by atoms with Crippen molar-refractivity contribution in [1.29, 1.82) is 0 Å². The molecule has 43 heavy (non-hydrogen) atoms. The number of carboxylic acid groups (broad SMARTS) is 1. The molecule has 3 aromatic rings. The fraction of sp³-hybridized carbons (Fsp3) is 0.387. The van der Waals surface area contributed by atoms with Gasteiger partial charge in [0.15, 0.2) is 5.60 Å². The van der Waals surface area contributed by atoms with Gasteiger partial charge in [-0.15, -0.1) is 5.17 Å². The minimum absolute atomic E-state index is 0.0241. The van der Waals surface area contributed by atoms with Gasteiger partial charge in [0, 0.05) is 26.8 Å². The minimum Gasteiger partial charge on any atom is -0.497 e. The number of ether oxygens (including phenoxy) is 2. The number of carbonyl (C=O) groups is 1. The Labute approximate surface area is 255 Å². The van der Waals surface area contributed by atoms with Gasteiger partial charge in [-0.2, -0.15) is 5.20 Å². The van der Waals surface area contributed by atoms with Crippen LogP contribution in [0.3, 0.4) is 0 Å². The average molecular weight is 617 g/mol. The van der Waals surface area contributed by atoms with Gasteiger partial charge in [-0.3, -0.25) is 15.1 Å². The van der Waals surface area contributed by atoms with Gasteiger partial charge in [-0.25, -0.2) is 5.43 Å². The van der Waals surface area contributed by atoms with Crippen LogP contribution >= 0.6 is 8.53 Å². The van der Waals surface area contributed by atoms with Crippen LogP contribution < -0.4 is 20.8 Å². The standard InChI is InChI=1S/C25H31N2O5P.C6H14N2O2/c1-30-20-10-9-19-27(26-33(28)29)32-25(21-11-5-3-6-12-21,22-13-7-4-8-14-22)23-15-17-24(31-2)18-16-23;1-2-3-4-7-8-5-6(9)10/h3-8,11-18,26,28-29H,9-10,19-20H2,1-2H3;7-8H,2-5H2,1H3,(H,9,10). The molecule has 0 aromatic heterocycles. The van der Waals surface area contributed by atoms with E-state index in [4.69, 9.17) is 19.4 Å². The van der Waals surface area contributed by atoms with Crippen molar-refractivity contribution < 1.29 is 34.0 Å². The maximum atomic E-state index is 9.93. The third-order valence-corrected chi connectivity index (χ3v) is 6.69. The van der Waals surface area contributed by atoms with E-state index in [0.29, 0.717) is 13.2 Å². The summed E-state index contributed by atoms with van der Waals surface area (Å²) in [6, 6.07) is 27.4. The Morgan fingerprint density at radius 3 is 1.91 bits per heavy atom. The van der Waals surface area contributed by atoms with Gasteiger partial charge in [0.25, 0.3) is 8.53 Å². The molecule has 3 rings (SSSR count). The summed E-state index contributed by atoms with van der Waals surface area (Å²) in [4.78, 5) is 36.1. The summed E-state index contributed by atoms with van der Waals surface area (Å²) in [6.45, 7) is 3.91. The number of hydrazine groups is 2.